The highest BCUT2D eigenvalue weighted by Crippen LogP contribution is 2.35. The summed E-state index contributed by atoms with van der Waals surface area (Å²) in [4.78, 5) is 0. The highest BCUT2D eigenvalue weighted by Gasteiger charge is 2.09. The Kier molecular flexibility index (Phi) is 4.38. The summed E-state index contributed by atoms with van der Waals surface area (Å²) >= 11 is 0. The molecule has 0 heteroatoms. The van der Waals surface area contributed by atoms with Crippen molar-refractivity contribution in [3.8, 4) is 0 Å². The van der Waals surface area contributed by atoms with Crippen LogP contribution in [-0.2, 0) is 6.42 Å². The standard InChI is InChI=1S/C24H25/c1-2-3-4-5-6-7-9-18-16-21-14-12-19-10-8-11-20-13-15-22(17-18)24(21)23(19)20/h8,10-16H,2-7,9H2,1H3. The maximum absolute atomic E-state index is 3.69. The highest BCUT2D eigenvalue weighted by molar-refractivity contribution is 6.22. The molecule has 0 aliphatic heterocycles. The Balaban J connectivity index is 1.62. The monoisotopic (exact) mass is 313 g/mol. The fraction of sp³-hybridized carbons (Fsp3) is 0.333. The number of hydrogen-bond acceptors (Lipinski definition) is 0. The Morgan fingerprint density at radius 2 is 1.42 bits per heavy atom. The molecule has 0 aliphatic carbocycles. The highest BCUT2D eigenvalue weighted by atomic mass is 14.1. The van der Waals surface area contributed by atoms with Crippen molar-refractivity contribution in [1.29, 1.82) is 0 Å². The summed E-state index contributed by atoms with van der Waals surface area (Å²) in [5.41, 5.74) is 1.37. The lowest BCUT2D eigenvalue weighted by Crippen LogP contribution is -1.90. The number of hydrogen-bond donors (Lipinski definition) is 0. The van der Waals surface area contributed by atoms with Gasteiger partial charge >= 0.3 is 0 Å². The van der Waals surface area contributed by atoms with Gasteiger partial charge in [-0.3, -0.25) is 0 Å². The van der Waals surface area contributed by atoms with E-state index < -0.39 is 0 Å². The zero-order chi connectivity index (χ0) is 16.4. The molecule has 1 radical (unpaired) electrons. The van der Waals surface area contributed by atoms with E-state index in [4.69, 9.17) is 0 Å². The van der Waals surface area contributed by atoms with Crippen LogP contribution in [0.3, 0.4) is 0 Å². The Hall–Kier alpha value is -2.08. The van der Waals surface area contributed by atoms with Crippen molar-refractivity contribution >= 4 is 32.3 Å². The summed E-state index contributed by atoms with van der Waals surface area (Å²) in [5.74, 6) is 0. The van der Waals surface area contributed by atoms with Gasteiger partial charge in [0.05, 0.1) is 0 Å². The van der Waals surface area contributed by atoms with Gasteiger partial charge in [-0.25, -0.2) is 0 Å². The largest absolute Gasteiger partial charge is 0.0654 e. The lowest BCUT2D eigenvalue weighted by Gasteiger charge is -2.12. The normalized spacial score (nSPS) is 11.9. The molecule has 0 spiro atoms. The zero-order valence-corrected chi connectivity index (χ0v) is 14.6. The third kappa shape index (κ3) is 2.86. The number of benzene rings is 4. The molecular weight excluding hydrogens is 288 g/mol. The molecule has 4 aromatic rings. The molecule has 0 amide bonds. The molecule has 0 bridgehead atoms. The molecule has 0 unspecified atom stereocenters. The average Bonchev–Trinajstić information content (AvgIpc) is 2.62. The minimum absolute atomic E-state index is 1.16. The molecule has 4 rings (SSSR count). The van der Waals surface area contributed by atoms with Crippen LogP contribution < -0.4 is 0 Å². The summed E-state index contributed by atoms with van der Waals surface area (Å²) in [6.45, 7) is 2.28. The van der Waals surface area contributed by atoms with Crippen molar-refractivity contribution in [3.05, 3.63) is 60.2 Å². The molecule has 0 heterocycles. The van der Waals surface area contributed by atoms with Crippen LogP contribution in [0.2, 0.25) is 0 Å². The summed E-state index contributed by atoms with van der Waals surface area (Å²) in [7, 11) is 0. The molecule has 4 aromatic carbocycles. The Morgan fingerprint density at radius 3 is 2.25 bits per heavy atom. The van der Waals surface area contributed by atoms with E-state index in [-0.39, 0.29) is 0 Å². The van der Waals surface area contributed by atoms with Gasteiger partial charge in [0.15, 0.2) is 0 Å². The van der Waals surface area contributed by atoms with Crippen molar-refractivity contribution in [3.63, 3.8) is 0 Å². The third-order valence-corrected chi connectivity index (χ3v) is 5.23. The van der Waals surface area contributed by atoms with E-state index in [0.29, 0.717) is 0 Å². The van der Waals surface area contributed by atoms with Gasteiger partial charge in [-0.2, -0.15) is 0 Å². The summed E-state index contributed by atoms with van der Waals surface area (Å²) < 4.78 is 0. The molecule has 0 nitrogen and oxygen atoms in total. The second-order valence-electron chi connectivity index (χ2n) is 7.03. The summed E-state index contributed by atoms with van der Waals surface area (Å²) in [6.07, 6.45) is 9.26. The number of rotatable bonds is 7. The molecule has 121 valence electrons. The van der Waals surface area contributed by atoms with E-state index in [1.165, 1.54) is 76.4 Å². The molecule has 0 N–H and O–H groups in total. The van der Waals surface area contributed by atoms with E-state index in [9.17, 15) is 0 Å². The third-order valence-electron chi connectivity index (χ3n) is 5.23. The Labute approximate surface area is 144 Å². The molecule has 0 aromatic heterocycles. The lowest BCUT2D eigenvalue weighted by atomic mass is 9.92. The van der Waals surface area contributed by atoms with Crippen LogP contribution >= 0.6 is 0 Å². The molecule has 0 fully saturated rings. The molecule has 0 saturated carbocycles. The van der Waals surface area contributed by atoms with Crippen LogP contribution in [0.15, 0.2) is 48.5 Å². The molecule has 0 saturated heterocycles. The molecule has 24 heavy (non-hydrogen) atoms. The smallest absolute Gasteiger partial charge is 0.00204 e. The van der Waals surface area contributed by atoms with Gasteiger partial charge in [0.25, 0.3) is 0 Å². The van der Waals surface area contributed by atoms with Crippen molar-refractivity contribution in [1.82, 2.24) is 0 Å². The first-order valence-corrected chi connectivity index (χ1v) is 9.45. The van der Waals surface area contributed by atoms with Crippen molar-refractivity contribution in [2.45, 2.75) is 51.9 Å². The quantitative estimate of drug-likeness (QED) is 0.248. The van der Waals surface area contributed by atoms with Crippen LogP contribution in [0.4, 0.5) is 0 Å². The predicted octanol–water partition coefficient (Wildman–Crippen LogP) is 7.29. The van der Waals surface area contributed by atoms with Gasteiger partial charge in [0, 0.05) is 0 Å². The first kappa shape index (κ1) is 15.4. The molecule has 0 aliphatic rings. The van der Waals surface area contributed by atoms with E-state index in [2.05, 4.69) is 61.5 Å². The second kappa shape index (κ2) is 6.81. The summed E-state index contributed by atoms with van der Waals surface area (Å²) in [5, 5.41) is 8.10. The van der Waals surface area contributed by atoms with Crippen LogP contribution in [0.1, 0.15) is 51.0 Å². The van der Waals surface area contributed by atoms with Crippen molar-refractivity contribution in [2.75, 3.05) is 0 Å². The SMILES string of the molecule is CCCCCCCCc1[c]c2ccc3cccc4ccc(c1)c2c34. The topological polar surface area (TPSA) is 0 Å². The first-order valence-electron chi connectivity index (χ1n) is 9.45. The van der Waals surface area contributed by atoms with E-state index in [1.807, 2.05) is 0 Å². The minimum Gasteiger partial charge on any atom is -0.0654 e. The number of aryl methyl sites for hydroxylation is 1. The molecule has 0 atom stereocenters. The summed E-state index contributed by atoms with van der Waals surface area (Å²) in [6, 6.07) is 21.7. The van der Waals surface area contributed by atoms with Crippen LogP contribution in [0.5, 0.6) is 0 Å². The van der Waals surface area contributed by atoms with E-state index >= 15 is 0 Å². The second-order valence-corrected chi connectivity index (χ2v) is 7.03. The van der Waals surface area contributed by atoms with Gasteiger partial charge in [0.2, 0.25) is 0 Å². The van der Waals surface area contributed by atoms with Gasteiger partial charge in [0.1, 0.15) is 0 Å². The average molecular weight is 313 g/mol. The zero-order valence-electron chi connectivity index (χ0n) is 14.6. The van der Waals surface area contributed by atoms with Crippen molar-refractivity contribution < 1.29 is 0 Å². The van der Waals surface area contributed by atoms with Crippen molar-refractivity contribution in [2.24, 2.45) is 0 Å². The fourth-order valence-electron chi connectivity index (χ4n) is 3.96. The van der Waals surface area contributed by atoms with Gasteiger partial charge in [-0.05, 0) is 56.8 Å². The fourth-order valence-corrected chi connectivity index (χ4v) is 3.96. The van der Waals surface area contributed by atoms with Gasteiger partial charge in [-0.1, -0.05) is 87.6 Å². The maximum Gasteiger partial charge on any atom is -0.00204 e. The van der Waals surface area contributed by atoms with Crippen LogP contribution in [-0.4, -0.2) is 0 Å². The van der Waals surface area contributed by atoms with Crippen LogP contribution in [0, 0.1) is 6.07 Å². The Bertz CT molecular complexity index is 884. The van der Waals surface area contributed by atoms with Gasteiger partial charge < -0.3 is 0 Å². The van der Waals surface area contributed by atoms with Gasteiger partial charge in [-0.15, -0.1) is 0 Å². The minimum atomic E-state index is 1.16. The van der Waals surface area contributed by atoms with Crippen LogP contribution in [0.25, 0.3) is 32.3 Å². The maximum atomic E-state index is 3.69. The number of unbranched alkanes of at least 4 members (excludes halogenated alkanes) is 5. The van der Waals surface area contributed by atoms with E-state index in [0.717, 1.165) is 6.42 Å². The van der Waals surface area contributed by atoms with E-state index in [1.54, 1.807) is 0 Å². The molecular formula is C24H25. The lowest BCUT2D eigenvalue weighted by molar-refractivity contribution is 0.607. The first-order chi connectivity index (χ1) is 11.9. The Morgan fingerprint density at radius 1 is 0.708 bits per heavy atom. The predicted molar refractivity (Wildman–Crippen MR) is 106 cm³/mol.